The van der Waals surface area contributed by atoms with Gasteiger partial charge in [-0.1, -0.05) is 540 Å². The first-order chi connectivity index (χ1) is 60.5. The fraction of sp³-hybridized carbons (Fsp3) is 0.900. The topological polar surface area (TPSA) is 49.7 Å². The Hall–Kier alpha value is -1.68. The van der Waals surface area contributed by atoms with Crippen LogP contribution in [0.15, 0.2) is 72.9 Å². The minimum absolute atomic E-state index is 0.0739. The molecule has 0 fully saturated rings. The van der Waals surface area contributed by atoms with E-state index in [0.29, 0.717) is 0 Å². The maximum Gasteiger partial charge on any atom is 0.0979 e. The first kappa shape index (κ1) is 121. The van der Waals surface area contributed by atoms with Gasteiger partial charge in [0.1, 0.15) is 0 Å². The second-order valence-electron chi connectivity index (χ2n) is 40.7. The summed E-state index contributed by atoms with van der Waals surface area (Å²) in [6.07, 6.45) is 146. The lowest BCUT2D eigenvalue weighted by Gasteiger charge is -2.60. The summed E-state index contributed by atoms with van der Waals surface area (Å²) in [5.74, 6) is 0.148. The Morgan fingerprint density at radius 3 is 0.407 bits per heavy atom. The summed E-state index contributed by atoms with van der Waals surface area (Å²) in [6.45, 7) is 23.6. The van der Waals surface area contributed by atoms with Gasteiger partial charge in [0, 0.05) is 0 Å². The summed E-state index contributed by atoms with van der Waals surface area (Å²) in [5.41, 5.74) is -3.60. The number of ether oxygens (including phenoxy) is 1. The van der Waals surface area contributed by atoms with Crippen LogP contribution < -0.4 is 0 Å². The molecule has 4 atom stereocenters. The van der Waals surface area contributed by atoms with E-state index in [0.717, 1.165) is 89.9 Å². The molecule has 0 amide bonds. The van der Waals surface area contributed by atoms with Gasteiger partial charge in [-0.25, -0.2) is 0 Å². The van der Waals surface area contributed by atoms with Gasteiger partial charge < -0.3 is 14.9 Å². The molecule has 0 aromatic rings. The molecule has 0 saturated heterocycles. The number of hydrogen-bond donors (Lipinski definition) is 2. The fourth-order valence-corrected chi connectivity index (χ4v) is 20.3. The zero-order valence-corrected chi connectivity index (χ0v) is 86.4. The summed E-state index contributed by atoms with van der Waals surface area (Å²) in [5, 5.41) is 30.2. The standard InChI is InChI=1S/C120H230O3/c1-11-19-25-31-37-43-49-55-61-67-73-79-85-91-97-103-109-117(110-104-98-92-86-80-74-68-62-56-50-44-38-32-26-20-12-2,119(121,115(9)17-7)113-107-101-95-89-83-77-71-65-59-53-47-41-35-29-23-15-5)123-118(111-105-99-93-87-81-75-69-63-57-51-45-39-33-27-21-13-3,112-106-100-94-88-82-76-70-64-58-52-46-40-34-28-22-14-4)120(122,116(10)18-8)114-108-102-96-90-84-78-72-66-60-54-48-42-36-30-24-16-6/h55-66,115-116,121-122H,11-54,67-114H2,1-10H3. The number of hydrogen-bond acceptors (Lipinski definition) is 3. The Labute approximate surface area is 777 Å². The van der Waals surface area contributed by atoms with E-state index in [2.05, 4.69) is 142 Å². The molecule has 0 bridgehead atoms. The molecule has 0 aliphatic carbocycles. The number of allylic oxidation sites excluding steroid dienone is 12. The second-order valence-corrected chi connectivity index (χ2v) is 40.7. The van der Waals surface area contributed by atoms with Crippen molar-refractivity contribution in [3.63, 3.8) is 0 Å². The number of aliphatic hydroxyl groups is 2. The minimum Gasteiger partial charge on any atom is -0.387 e. The predicted molar refractivity (Wildman–Crippen MR) is 560 cm³/mol. The summed E-state index contributed by atoms with van der Waals surface area (Å²) in [7, 11) is 0. The van der Waals surface area contributed by atoms with Gasteiger partial charge in [-0.2, -0.15) is 0 Å². The molecule has 728 valence electrons. The van der Waals surface area contributed by atoms with Gasteiger partial charge in [-0.3, -0.25) is 0 Å². The van der Waals surface area contributed by atoms with E-state index in [1.807, 2.05) is 0 Å². The summed E-state index contributed by atoms with van der Waals surface area (Å²) >= 11 is 0. The van der Waals surface area contributed by atoms with Gasteiger partial charge in [0.25, 0.3) is 0 Å². The van der Waals surface area contributed by atoms with Crippen molar-refractivity contribution >= 4 is 0 Å². The van der Waals surface area contributed by atoms with Crippen molar-refractivity contribution in [3.05, 3.63) is 72.9 Å². The molecule has 0 saturated carbocycles. The molecule has 0 aromatic carbocycles. The highest BCUT2D eigenvalue weighted by Gasteiger charge is 2.61. The molecule has 0 aliphatic heterocycles. The Morgan fingerprint density at radius 2 is 0.276 bits per heavy atom. The van der Waals surface area contributed by atoms with Gasteiger partial charge >= 0.3 is 0 Å². The molecule has 0 spiro atoms. The zero-order chi connectivity index (χ0) is 89.4. The van der Waals surface area contributed by atoms with Gasteiger partial charge in [0.2, 0.25) is 0 Å². The third-order valence-electron chi connectivity index (χ3n) is 29.3. The molecule has 0 rings (SSSR count). The van der Waals surface area contributed by atoms with Crippen molar-refractivity contribution in [1.29, 1.82) is 0 Å². The monoisotopic (exact) mass is 1720 g/mol. The van der Waals surface area contributed by atoms with Crippen molar-refractivity contribution in [3.8, 4) is 0 Å². The van der Waals surface area contributed by atoms with Crippen LogP contribution in [-0.2, 0) is 4.74 Å². The Bertz CT molecular complexity index is 1980. The van der Waals surface area contributed by atoms with E-state index in [-0.39, 0.29) is 11.8 Å². The number of rotatable bonds is 104. The molecule has 2 N–H and O–H groups in total. The van der Waals surface area contributed by atoms with Crippen LogP contribution in [0.25, 0.3) is 0 Å². The van der Waals surface area contributed by atoms with Crippen LogP contribution in [0.2, 0.25) is 0 Å². The summed E-state index contributed by atoms with van der Waals surface area (Å²) < 4.78 is 9.11. The van der Waals surface area contributed by atoms with Crippen molar-refractivity contribution in [2.45, 2.75) is 682 Å². The molecule has 0 heterocycles. The van der Waals surface area contributed by atoms with Gasteiger partial charge in [0.05, 0.1) is 22.4 Å². The molecule has 0 radical (unpaired) electrons. The SMILES string of the molecule is CCCCCCCCC=CCCCCCCCCC(CCCCCCCCC=CCCCCCCCC)(OC(CCCCCCCCC=CCCCCCCCC)(CCCCCCCCC=CCCCCCCCC)C(O)(CCCCCCCCC=CCCCCCCCC)C(C)CC)C(O)(CCCCCCCCC=CCCCCCCCC)C(C)CC. The maximum atomic E-state index is 15.1. The molecule has 0 aliphatic rings. The molecule has 3 nitrogen and oxygen atoms in total. The van der Waals surface area contributed by atoms with Crippen molar-refractivity contribution in [2.75, 3.05) is 0 Å². The van der Waals surface area contributed by atoms with E-state index in [1.165, 1.54) is 501 Å². The lowest BCUT2D eigenvalue weighted by molar-refractivity contribution is -0.318. The Balaban J connectivity index is 8.08. The van der Waals surface area contributed by atoms with E-state index < -0.39 is 22.4 Å². The Kier molecular flexibility index (Phi) is 95.1. The predicted octanol–water partition coefficient (Wildman–Crippen LogP) is 42.6. The van der Waals surface area contributed by atoms with Crippen LogP contribution in [0.1, 0.15) is 660 Å². The molecule has 0 aromatic heterocycles. The van der Waals surface area contributed by atoms with Crippen LogP contribution in [0, 0.1) is 11.8 Å². The van der Waals surface area contributed by atoms with Crippen molar-refractivity contribution in [1.82, 2.24) is 0 Å². The minimum atomic E-state index is -1.02. The normalized spacial score (nSPS) is 14.9. The molecule has 4 unspecified atom stereocenters. The highest BCUT2D eigenvalue weighted by Crippen LogP contribution is 2.54. The van der Waals surface area contributed by atoms with Gasteiger partial charge in [-0.05, 0) is 204 Å². The average molecular weight is 1720 g/mol. The van der Waals surface area contributed by atoms with Gasteiger partial charge in [0.15, 0.2) is 0 Å². The first-order valence-corrected chi connectivity index (χ1v) is 57.6. The van der Waals surface area contributed by atoms with Crippen LogP contribution in [0.4, 0.5) is 0 Å². The summed E-state index contributed by atoms with van der Waals surface area (Å²) in [6, 6.07) is 0. The smallest absolute Gasteiger partial charge is 0.0979 e. The fourth-order valence-electron chi connectivity index (χ4n) is 20.3. The third kappa shape index (κ3) is 72.6. The van der Waals surface area contributed by atoms with Crippen LogP contribution in [-0.4, -0.2) is 32.6 Å². The number of unbranched alkanes of at least 4 members (excludes halogenated alkanes) is 72. The third-order valence-corrected chi connectivity index (χ3v) is 29.3. The lowest BCUT2D eigenvalue weighted by Crippen LogP contribution is -2.68. The highest BCUT2D eigenvalue weighted by molar-refractivity contribution is 5.11. The van der Waals surface area contributed by atoms with E-state index in [4.69, 9.17) is 4.74 Å². The largest absolute Gasteiger partial charge is 0.387 e. The zero-order valence-electron chi connectivity index (χ0n) is 86.4. The Morgan fingerprint density at radius 1 is 0.163 bits per heavy atom. The first-order valence-electron chi connectivity index (χ1n) is 57.6. The average Bonchev–Trinajstić information content (AvgIpc) is 0.727. The van der Waals surface area contributed by atoms with Crippen molar-refractivity contribution in [2.24, 2.45) is 11.8 Å². The molecule has 123 heavy (non-hydrogen) atoms. The highest BCUT2D eigenvalue weighted by atomic mass is 16.6. The van der Waals surface area contributed by atoms with E-state index in [1.54, 1.807) is 0 Å². The second kappa shape index (κ2) is 96.4. The molecular formula is C120H230O3. The van der Waals surface area contributed by atoms with Crippen molar-refractivity contribution < 1.29 is 14.9 Å². The molecule has 3 heteroatoms. The van der Waals surface area contributed by atoms with E-state index in [9.17, 15) is 0 Å². The molecular weight excluding hydrogens is 1490 g/mol. The maximum absolute atomic E-state index is 15.1. The summed E-state index contributed by atoms with van der Waals surface area (Å²) in [4.78, 5) is 0. The van der Waals surface area contributed by atoms with Crippen LogP contribution >= 0.6 is 0 Å². The van der Waals surface area contributed by atoms with Crippen LogP contribution in [0.5, 0.6) is 0 Å². The van der Waals surface area contributed by atoms with E-state index >= 15 is 10.2 Å². The van der Waals surface area contributed by atoms with Gasteiger partial charge in [-0.15, -0.1) is 0 Å². The van der Waals surface area contributed by atoms with Crippen LogP contribution in [0.3, 0.4) is 0 Å². The lowest BCUT2D eigenvalue weighted by atomic mass is 9.62. The quantitative estimate of drug-likeness (QED) is 0.0471.